The molecular weight excluding hydrogens is 467 g/mol. The van der Waals surface area contributed by atoms with Crippen LogP contribution >= 0.6 is 0 Å². The van der Waals surface area contributed by atoms with Crippen molar-refractivity contribution in [3.8, 4) is 0 Å². The molecule has 0 atom stereocenters. The van der Waals surface area contributed by atoms with Crippen LogP contribution in [0.3, 0.4) is 0 Å². The van der Waals surface area contributed by atoms with E-state index in [9.17, 15) is 23.1 Å². The summed E-state index contributed by atoms with van der Waals surface area (Å²) in [5.41, 5.74) is -1.22. The van der Waals surface area contributed by atoms with E-state index in [0.717, 1.165) is 18.6 Å². The molecular formula is C28H40F3N3O2. The van der Waals surface area contributed by atoms with Crippen LogP contribution < -0.4 is 10.6 Å². The number of likely N-dealkylation sites (tertiary alicyclic amines) is 1. The second-order valence-electron chi connectivity index (χ2n) is 11.3. The number of hydrogen-bond acceptors (Lipinski definition) is 4. The van der Waals surface area contributed by atoms with Crippen molar-refractivity contribution < 1.29 is 23.1 Å². The number of carbonyl (C=O) groups excluding carboxylic acids is 1. The smallest absolute Gasteiger partial charge is 0.256 e. The highest BCUT2D eigenvalue weighted by molar-refractivity contribution is 6.01. The third kappa shape index (κ3) is 7.46. The third-order valence-corrected chi connectivity index (χ3v) is 5.84. The summed E-state index contributed by atoms with van der Waals surface area (Å²) < 4.78 is 42.9. The SMILES string of the molecule is CC.Cc1ccc(Nc2c(C(=O)N3CC(O)(CNC(C)(C)CC(C)(C)C)C3)ccc(F)c2F)c(F)c1. The van der Waals surface area contributed by atoms with Gasteiger partial charge >= 0.3 is 0 Å². The first-order valence-electron chi connectivity index (χ1n) is 12.4. The Kier molecular flexibility index (Phi) is 9.24. The second-order valence-corrected chi connectivity index (χ2v) is 11.3. The zero-order valence-electron chi connectivity index (χ0n) is 22.7. The van der Waals surface area contributed by atoms with Gasteiger partial charge in [-0.1, -0.05) is 40.7 Å². The average Bonchev–Trinajstić information content (AvgIpc) is 2.75. The average molecular weight is 508 g/mol. The highest BCUT2D eigenvalue weighted by atomic mass is 19.2. The van der Waals surface area contributed by atoms with Gasteiger partial charge in [0, 0.05) is 12.1 Å². The van der Waals surface area contributed by atoms with Crippen LogP contribution in [0.4, 0.5) is 24.5 Å². The first kappa shape index (κ1) is 29.6. The van der Waals surface area contributed by atoms with E-state index in [1.54, 1.807) is 13.0 Å². The minimum atomic E-state index is -1.27. The van der Waals surface area contributed by atoms with Crippen LogP contribution in [0, 0.1) is 29.8 Å². The fourth-order valence-corrected chi connectivity index (χ4v) is 4.59. The number of anilines is 2. The zero-order chi connectivity index (χ0) is 27.5. The molecule has 1 amide bonds. The van der Waals surface area contributed by atoms with E-state index in [1.165, 1.54) is 17.0 Å². The van der Waals surface area contributed by atoms with Gasteiger partial charge < -0.3 is 20.6 Å². The fourth-order valence-electron chi connectivity index (χ4n) is 4.59. The molecule has 36 heavy (non-hydrogen) atoms. The molecule has 0 spiro atoms. The lowest BCUT2D eigenvalue weighted by molar-refractivity contribution is -0.0822. The van der Waals surface area contributed by atoms with Gasteiger partial charge in [-0.15, -0.1) is 0 Å². The Hall–Kier alpha value is -2.58. The number of aliphatic hydroxyl groups is 1. The van der Waals surface area contributed by atoms with Crippen molar-refractivity contribution in [1.82, 2.24) is 10.2 Å². The Balaban J connectivity index is 0.00000222. The Bertz CT molecular complexity index is 1070. The monoisotopic (exact) mass is 507 g/mol. The predicted molar refractivity (Wildman–Crippen MR) is 139 cm³/mol. The topological polar surface area (TPSA) is 64.6 Å². The van der Waals surface area contributed by atoms with E-state index in [1.807, 2.05) is 13.8 Å². The van der Waals surface area contributed by atoms with Crippen LogP contribution in [0.25, 0.3) is 0 Å². The van der Waals surface area contributed by atoms with E-state index in [2.05, 4.69) is 45.3 Å². The molecule has 1 aliphatic heterocycles. The molecule has 5 nitrogen and oxygen atoms in total. The summed E-state index contributed by atoms with van der Waals surface area (Å²) >= 11 is 0. The molecule has 2 aromatic rings. The summed E-state index contributed by atoms with van der Waals surface area (Å²) in [5.74, 6) is -3.65. The number of carbonyl (C=O) groups is 1. The minimum Gasteiger partial charge on any atom is -0.385 e. The number of halogens is 3. The van der Waals surface area contributed by atoms with Crippen molar-refractivity contribution in [2.45, 2.75) is 73.0 Å². The van der Waals surface area contributed by atoms with Gasteiger partial charge in [-0.05, 0) is 62.4 Å². The van der Waals surface area contributed by atoms with E-state index in [-0.39, 0.29) is 41.8 Å². The van der Waals surface area contributed by atoms with Crippen molar-refractivity contribution in [2.24, 2.45) is 5.41 Å². The lowest BCUT2D eigenvalue weighted by atomic mass is 9.81. The van der Waals surface area contributed by atoms with E-state index < -0.39 is 34.6 Å². The van der Waals surface area contributed by atoms with Crippen molar-refractivity contribution in [3.63, 3.8) is 0 Å². The highest BCUT2D eigenvalue weighted by Gasteiger charge is 2.45. The first-order valence-corrected chi connectivity index (χ1v) is 12.4. The van der Waals surface area contributed by atoms with Gasteiger partial charge in [0.1, 0.15) is 11.4 Å². The number of amides is 1. The van der Waals surface area contributed by atoms with Gasteiger partial charge in [0.15, 0.2) is 11.6 Å². The maximum Gasteiger partial charge on any atom is 0.256 e. The van der Waals surface area contributed by atoms with Crippen molar-refractivity contribution in [3.05, 3.63) is 58.9 Å². The van der Waals surface area contributed by atoms with E-state index in [0.29, 0.717) is 5.56 Å². The van der Waals surface area contributed by atoms with Crippen molar-refractivity contribution in [1.29, 1.82) is 0 Å². The highest BCUT2D eigenvalue weighted by Crippen LogP contribution is 2.32. The Morgan fingerprint density at radius 3 is 2.19 bits per heavy atom. The molecule has 0 aliphatic carbocycles. The first-order chi connectivity index (χ1) is 16.6. The number of nitrogens with one attached hydrogen (secondary N) is 2. The standard InChI is InChI=1S/C26H34F3N3O2.C2H6/c1-16-7-10-20(19(28)11-16)31-22-17(8-9-18(27)21(22)29)23(33)32-14-26(34,15-32)13-30-25(5,6)12-24(2,3)4;1-2/h7-11,30-31,34H,12-15H2,1-6H3;1-2H3. The van der Waals surface area contributed by atoms with Crippen LogP contribution in [-0.2, 0) is 0 Å². The Morgan fingerprint density at radius 1 is 1.03 bits per heavy atom. The van der Waals surface area contributed by atoms with Gasteiger partial charge in [0.2, 0.25) is 0 Å². The van der Waals surface area contributed by atoms with Gasteiger partial charge in [-0.2, -0.15) is 0 Å². The Labute approximate surface area is 213 Å². The molecule has 3 N–H and O–H groups in total. The number of benzene rings is 2. The number of nitrogens with zero attached hydrogens (tertiary/aromatic N) is 1. The molecule has 0 aromatic heterocycles. The van der Waals surface area contributed by atoms with Crippen LogP contribution in [0.15, 0.2) is 30.3 Å². The second kappa shape index (κ2) is 11.2. The molecule has 3 rings (SSSR count). The zero-order valence-corrected chi connectivity index (χ0v) is 22.7. The minimum absolute atomic E-state index is 0.0434. The summed E-state index contributed by atoms with van der Waals surface area (Å²) in [4.78, 5) is 14.5. The number of β-amino-alcohol motifs (C(OH)–C–C–N with tert-alkyl or cyclic N) is 1. The van der Waals surface area contributed by atoms with Crippen LogP contribution in [0.2, 0.25) is 0 Å². The maximum atomic E-state index is 14.7. The molecule has 1 saturated heterocycles. The van der Waals surface area contributed by atoms with Gasteiger partial charge in [-0.25, -0.2) is 13.2 Å². The van der Waals surface area contributed by atoms with Crippen molar-refractivity contribution >= 4 is 17.3 Å². The van der Waals surface area contributed by atoms with Gasteiger partial charge in [0.25, 0.3) is 5.91 Å². The lowest BCUT2D eigenvalue weighted by Gasteiger charge is -2.48. The molecule has 0 unspecified atom stereocenters. The van der Waals surface area contributed by atoms with Crippen LogP contribution in [0.5, 0.6) is 0 Å². The van der Waals surface area contributed by atoms with E-state index >= 15 is 0 Å². The van der Waals surface area contributed by atoms with Crippen LogP contribution in [-0.4, -0.2) is 46.7 Å². The molecule has 0 saturated carbocycles. The summed E-state index contributed by atoms with van der Waals surface area (Å²) in [7, 11) is 0. The predicted octanol–water partition coefficient (Wildman–Crippen LogP) is 6.17. The fraction of sp³-hybridized carbons (Fsp3) is 0.536. The summed E-state index contributed by atoms with van der Waals surface area (Å²) in [6.45, 7) is 16.6. The van der Waals surface area contributed by atoms with E-state index in [4.69, 9.17) is 0 Å². The molecule has 1 heterocycles. The quantitative estimate of drug-likeness (QED) is 0.419. The number of rotatable bonds is 7. The largest absolute Gasteiger partial charge is 0.385 e. The third-order valence-electron chi connectivity index (χ3n) is 5.84. The molecule has 8 heteroatoms. The molecule has 200 valence electrons. The molecule has 1 aliphatic rings. The molecule has 2 aromatic carbocycles. The summed E-state index contributed by atoms with van der Waals surface area (Å²) in [5, 5.41) is 16.8. The molecule has 0 bridgehead atoms. The maximum absolute atomic E-state index is 14.7. The number of aryl methyl sites for hydroxylation is 1. The lowest BCUT2D eigenvalue weighted by Crippen LogP contribution is -2.68. The Morgan fingerprint density at radius 2 is 1.64 bits per heavy atom. The normalized spacial score (nSPS) is 15.1. The van der Waals surface area contributed by atoms with Crippen molar-refractivity contribution in [2.75, 3.05) is 25.0 Å². The molecule has 1 fully saturated rings. The summed E-state index contributed by atoms with van der Waals surface area (Å²) in [6, 6.07) is 6.30. The van der Waals surface area contributed by atoms with Gasteiger partial charge in [0.05, 0.1) is 30.0 Å². The molecule has 0 radical (unpaired) electrons. The summed E-state index contributed by atoms with van der Waals surface area (Å²) in [6.07, 6.45) is 0.887. The van der Waals surface area contributed by atoms with Crippen LogP contribution in [0.1, 0.15) is 70.8 Å². The van der Waals surface area contributed by atoms with Gasteiger partial charge in [-0.3, -0.25) is 4.79 Å². The number of hydrogen-bond donors (Lipinski definition) is 3.